The molecule has 1 heterocycles. The van der Waals surface area contributed by atoms with E-state index in [2.05, 4.69) is 10.3 Å². The van der Waals surface area contributed by atoms with Crippen molar-refractivity contribution in [3.05, 3.63) is 53.6 Å². The molecule has 0 spiro atoms. The number of carbonyl (C=O) groups excluding carboxylic acids is 1. The van der Waals surface area contributed by atoms with Gasteiger partial charge < -0.3 is 0 Å². The van der Waals surface area contributed by atoms with Crippen LogP contribution in [0.2, 0.25) is 0 Å². The first-order valence-corrected chi connectivity index (χ1v) is 11.2. The first-order chi connectivity index (χ1) is 14.1. The SMILES string of the molecule is CCN(CC)S(=O)(=O)c1ccc2nc(NC(=O)c3cccc(C(F)(F)F)c3)sc2c1. The van der Waals surface area contributed by atoms with E-state index in [9.17, 15) is 26.4 Å². The van der Waals surface area contributed by atoms with E-state index >= 15 is 0 Å². The highest BCUT2D eigenvalue weighted by Crippen LogP contribution is 2.31. The van der Waals surface area contributed by atoms with Crippen LogP contribution in [0.5, 0.6) is 0 Å². The molecule has 0 fully saturated rings. The van der Waals surface area contributed by atoms with Crippen LogP contribution in [0.1, 0.15) is 29.8 Å². The average molecular weight is 457 g/mol. The van der Waals surface area contributed by atoms with Crippen molar-refractivity contribution >= 4 is 42.6 Å². The highest BCUT2D eigenvalue weighted by atomic mass is 32.2. The molecule has 1 aromatic heterocycles. The summed E-state index contributed by atoms with van der Waals surface area (Å²) in [5.74, 6) is -0.740. The topological polar surface area (TPSA) is 79.4 Å². The van der Waals surface area contributed by atoms with Gasteiger partial charge in [0.15, 0.2) is 5.13 Å². The summed E-state index contributed by atoms with van der Waals surface area (Å²) in [6.07, 6.45) is -4.56. The van der Waals surface area contributed by atoms with E-state index in [1.165, 1.54) is 28.6 Å². The average Bonchev–Trinajstić information content (AvgIpc) is 3.09. The molecule has 160 valence electrons. The zero-order valence-corrected chi connectivity index (χ0v) is 17.7. The third-order valence-electron chi connectivity index (χ3n) is 4.38. The minimum atomic E-state index is -4.56. The Morgan fingerprint density at radius 3 is 2.47 bits per heavy atom. The second-order valence-corrected chi connectivity index (χ2v) is 9.24. The third kappa shape index (κ3) is 4.47. The Bertz CT molecular complexity index is 1190. The molecule has 0 aliphatic rings. The summed E-state index contributed by atoms with van der Waals surface area (Å²) in [6.45, 7) is 4.15. The molecule has 0 saturated carbocycles. The summed E-state index contributed by atoms with van der Waals surface area (Å²) in [5, 5.41) is 2.63. The Balaban J connectivity index is 1.87. The molecule has 0 aliphatic carbocycles. The van der Waals surface area contributed by atoms with Gasteiger partial charge in [0, 0.05) is 18.7 Å². The van der Waals surface area contributed by atoms with Crippen LogP contribution in [0, 0.1) is 0 Å². The molecule has 1 amide bonds. The Labute approximate surface area is 175 Å². The van der Waals surface area contributed by atoms with Crippen molar-refractivity contribution in [3.8, 4) is 0 Å². The van der Waals surface area contributed by atoms with E-state index in [-0.39, 0.29) is 15.6 Å². The maximum absolute atomic E-state index is 12.8. The number of sulfonamides is 1. The van der Waals surface area contributed by atoms with E-state index in [0.717, 1.165) is 29.5 Å². The number of hydrogen-bond donors (Lipinski definition) is 1. The molecule has 30 heavy (non-hydrogen) atoms. The van der Waals surface area contributed by atoms with Crippen LogP contribution in [-0.2, 0) is 16.2 Å². The van der Waals surface area contributed by atoms with Gasteiger partial charge in [-0.15, -0.1) is 0 Å². The molecule has 3 aromatic rings. The van der Waals surface area contributed by atoms with Crippen LogP contribution in [0.25, 0.3) is 10.2 Å². The number of halogens is 3. The number of nitrogens with zero attached hydrogens (tertiary/aromatic N) is 2. The highest BCUT2D eigenvalue weighted by molar-refractivity contribution is 7.89. The summed E-state index contributed by atoms with van der Waals surface area (Å²) < 4.78 is 65.7. The number of thiazole rings is 1. The summed E-state index contributed by atoms with van der Waals surface area (Å²) in [7, 11) is -3.65. The monoisotopic (exact) mass is 457 g/mol. The fraction of sp³-hybridized carbons (Fsp3) is 0.263. The lowest BCUT2D eigenvalue weighted by Crippen LogP contribution is -2.30. The zero-order chi connectivity index (χ0) is 22.1. The third-order valence-corrected chi connectivity index (χ3v) is 7.36. The molecule has 0 unspecified atom stereocenters. The summed E-state index contributed by atoms with van der Waals surface area (Å²) >= 11 is 1.04. The number of fused-ring (bicyclic) bond motifs is 1. The predicted molar refractivity (Wildman–Crippen MR) is 109 cm³/mol. The molecular weight excluding hydrogens is 439 g/mol. The summed E-state index contributed by atoms with van der Waals surface area (Å²) in [4.78, 5) is 16.7. The first-order valence-electron chi connectivity index (χ1n) is 8.95. The van der Waals surface area contributed by atoms with Gasteiger partial charge >= 0.3 is 6.18 Å². The molecule has 0 bridgehead atoms. The highest BCUT2D eigenvalue weighted by Gasteiger charge is 2.31. The standard InChI is InChI=1S/C19H18F3N3O3S2/c1-3-25(4-2)30(27,28)14-8-9-15-16(11-14)29-18(23-15)24-17(26)12-6-5-7-13(10-12)19(20,21)22/h5-11H,3-4H2,1-2H3,(H,23,24,26). The Kier molecular flexibility index (Phi) is 6.16. The molecule has 11 heteroatoms. The molecule has 2 aromatic carbocycles. The van der Waals surface area contributed by atoms with Crippen LogP contribution in [-0.4, -0.2) is 36.7 Å². The van der Waals surface area contributed by atoms with Gasteiger partial charge in [-0.1, -0.05) is 31.3 Å². The minimum Gasteiger partial charge on any atom is -0.298 e. The normalized spacial score (nSPS) is 12.5. The molecule has 0 saturated heterocycles. The number of nitrogens with one attached hydrogen (secondary N) is 1. The van der Waals surface area contributed by atoms with Gasteiger partial charge in [0.1, 0.15) is 0 Å². The minimum absolute atomic E-state index is 0.109. The van der Waals surface area contributed by atoms with Crippen LogP contribution in [0.15, 0.2) is 47.4 Å². The largest absolute Gasteiger partial charge is 0.416 e. The summed E-state index contributed by atoms with van der Waals surface area (Å²) in [5.41, 5.74) is -0.613. The maximum atomic E-state index is 12.8. The van der Waals surface area contributed by atoms with Gasteiger partial charge in [-0.2, -0.15) is 17.5 Å². The van der Waals surface area contributed by atoms with Crippen molar-refractivity contribution in [3.63, 3.8) is 0 Å². The molecular formula is C19H18F3N3O3S2. The van der Waals surface area contributed by atoms with Crippen molar-refractivity contribution in [2.24, 2.45) is 0 Å². The number of hydrogen-bond acceptors (Lipinski definition) is 5. The molecule has 3 rings (SSSR count). The fourth-order valence-electron chi connectivity index (χ4n) is 2.84. The van der Waals surface area contributed by atoms with E-state index in [4.69, 9.17) is 0 Å². The Morgan fingerprint density at radius 2 is 1.83 bits per heavy atom. The van der Waals surface area contributed by atoms with E-state index < -0.39 is 27.7 Å². The maximum Gasteiger partial charge on any atom is 0.416 e. The Hall–Kier alpha value is -2.50. The second-order valence-electron chi connectivity index (χ2n) is 6.27. The van der Waals surface area contributed by atoms with E-state index in [0.29, 0.717) is 23.3 Å². The van der Waals surface area contributed by atoms with Crippen molar-refractivity contribution in [2.45, 2.75) is 24.9 Å². The van der Waals surface area contributed by atoms with E-state index in [1.54, 1.807) is 13.8 Å². The van der Waals surface area contributed by atoms with E-state index in [1.807, 2.05) is 0 Å². The van der Waals surface area contributed by atoms with Gasteiger partial charge in [0.2, 0.25) is 10.0 Å². The molecule has 1 N–H and O–H groups in total. The quantitative estimate of drug-likeness (QED) is 0.587. The van der Waals surface area contributed by atoms with Crippen LogP contribution in [0.4, 0.5) is 18.3 Å². The smallest absolute Gasteiger partial charge is 0.298 e. The fourth-order valence-corrected chi connectivity index (χ4v) is 5.30. The lowest BCUT2D eigenvalue weighted by Gasteiger charge is -2.18. The molecule has 0 radical (unpaired) electrons. The lowest BCUT2D eigenvalue weighted by molar-refractivity contribution is -0.137. The zero-order valence-electron chi connectivity index (χ0n) is 16.0. The number of amides is 1. The van der Waals surface area contributed by atoms with Crippen molar-refractivity contribution in [2.75, 3.05) is 18.4 Å². The molecule has 0 aliphatic heterocycles. The van der Waals surface area contributed by atoms with Crippen LogP contribution in [0.3, 0.4) is 0 Å². The van der Waals surface area contributed by atoms with Gasteiger partial charge in [0.25, 0.3) is 5.91 Å². The van der Waals surface area contributed by atoms with Gasteiger partial charge in [-0.05, 0) is 36.4 Å². The van der Waals surface area contributed by atoms with Crippen molar-refractivity contribution < 1.29 is 26.4 Å². The number of carbonyl (C=O) groups is 1. The van der Waals surface area contributed by atoms with Gasteiger partial charge in [-0.3, -0.25) is 10.1 Å². The number of aromatic nitrogens is 1. The molecule has 0 atom stereocenters. The first kappa shape index (κ1) is 22.2. The Morgan fingerprint density at radius 1 is 1.13 bits per heavy atom. The van der Waals surface area contributed by atoms with Gasteiger partial charge in [-0.25, -0.2) is 13.4 Å². The predicted octanol–water partition coefficient (Wildman–Crippen LogP) is 4.60. The lowest BCUT2D eigenvalue weighted by atomic mass is 10.1. The van der Waals surface area contributed by atoms with Gasteiger partial charge in [0.05, 0.1) is 20.7 Å². The number of alkyl halides is 3. The summed E-state index contributed by atoms with van der Waals surface area (Å²) in [6, 6.07) is 8.51. The molecule has 6 nitrogen and oxygen atoms in total. The van der Waals surface area contributed by atoms with Crippen molar-refractivity contribution in [1.82, 2.24) is 9.29 Å². The second kappa shape index (κ2) is 8.32. The van der Waals surface area contributed by atoms with Crippen LogP contribution < -0.4 is 5.32 Å². The number of anilines is 1. The van der Waals surface area contributed by atoms with Crippen LogP contribution >= 0.6 is 11.3 Å². The van der Waals surface area contributed by atoms with Crippen molar-refractivity contribution in [1.29, 1.82) is 0 Å². The number of rotatable bonds is 6. The number of benzene rings is 2.